The first-order valence-electron chi connectivity index (χ1n) is 8.66. The molecule has 1 aromatic heterocycles. The number of para-hydroxylation sites is 1. The van der Waals surface area contributed by atoms with Crippen molar-refractivity contribution in [3.05, 3.63) is 48.3 Å². The number of amides is 1. The van der Waals surface area contributed by atoms with E-state index in [-0.39, 0.29) is 5.91 Å². The summed E-state index contributed by atoms with van der Waals surface area (Å²) in [6.07, 6.45) is 2.18. The zero-order chi connectivity index (χ0) is 17.9. The molecule has 2 heterocycles. The standard InChI is InChI=1S/C19H25N3O3/c1-15-8-11-20-22(15)12-9-18(23)21-13-10-19(2,24)17(14-21)25-16-6-4-3-5-7-16/h3-8,11,17,24H,9-10,12-14H2,1-2H3/t17-,19-/m1/s1. The molecule has 0 radical (unpaired) electrons. The fraction of sp³-hybridized carbons (Fsp3) is 0.474. The number of nitrogens with zero attached hydrogens (tertiary/aromatic N) is 3. The van der Waals surface area contributed by atoms with E-state index < -0.39 is 11.7 Å². The molecule has 1 fully saturated rings. The van der Waals surface area contributed by atoms with Crippen molar-refractivity contribution >= 4 is 5.91 Å². The van der Waals surface area contributed by atoms with Crippen molar-refractivity contribution in [3.63, 3.8) is 0 Å². The third kappa shape index (κ3) is 4.20. The molecule has 134 valence electrons. The Morgan fingerprint density at radius 2 is 2.12 bits per heavy atom. The maximum atomic E-state index is 12.6. The molecule has 2 aromatic rings. The van der Waals surface area contributed by atoms with Gasteiger partial charge in [-0.1, -0.05) is 18.2 Å². The summed E-state index contributed by atoms with van der Waals surface area (Å²) in [5.74, 6) is 0.765. The average molecular weight is 343 g/mol. The summed E-state index contributed by atoms with van der Waals surface area (Å²) < 4.78 is 7.79. The predicted octanol–water partition coefficient (Wildman–Crippen LogP) is 2.01. The van der Waals surface area contributed by atoms with Crippen molar-refractivity contribution in [1.82, 2.24) is 14.7 Å². The quantitative estimate of drug-likeness (QED) is 0.902. The van der Waals surface area contributed by atoms with Gasteiger partial charge >= 0.3 is 0 Å². The lowest BCUT2D eigenvalue weighted by Gasteiger charge is -2.42. The van der Waals surface area contributed by atoms with Gasteiger partial charge in [0.05, 0.1) is 6.54 Å². The largest absolute Gasteiger partial charge is 0.486 e. The van der Waals surface area contributed by atoms with E-state index >= 15 is 0 Å². The second-order valence-electron chi connectivity index (χ2n) is 6.81. The van der Waals surface area contributed by atoms with Crippen molar-refractivity contribution in [1.29, 1.82) is 0 Å². The lowest BCUT2D eigenvalue weighted by atomic mass is 9.90. The van der Waals surface area contributed by atoms with Crippen LogP contribution in [-0.4, -0.2) is 50.5 Å². The Balaban J connectivity index is 1.61. The maximum absolute atomic E-state index is 12.6. The molecule has 6 nitrogen and oxygen atoms in total. The molecule has 0 spiro atoms. The summed E-state index contributed by atoms with van der Waals surface area (Å²) in [5.41, 5.74) is 0.0882. The van der Waals surface area contributed by atoms with Crippen LogP contribution in [0.15, 0.2) is 42.6 Å². The Hall–Kier alpha value is -2.34. The molecule has 1 N–H and O–H groups in total. The molecular formula is C19H25N3O3. The third-order valence-electron chi connectivity index (χ3n) is 4.81. The van der Waals surface area contributed by atoms with Gasteiger partial charge in [-0.3, -0.25) is 9.48 Å². The van der Waals surface area contributed by atoms with Crippen molar-refractivity contribution in [2.45, 2.75) is 44.9 Å². The summed E-state index contributed by atoms with van der Waals surface area (Å²) in [6.45, 7) is 5.24. The molecule has 6 heteroatoms. The van der Waals surface area contributed by atoms with E-state index in [9.17, 15) is 9.90 Å². The highest BCUT2D eigenvalue weighted by molar-refractivity contribution is 5.76. The number of likely N-dealkylation sites (tertiary alicyclic amines) is 1. The van der Waals surface area contributed by atoms with Crippen LogP contribution >= 0.6 is 0 Å². The van der Waals surface area contributed by atoms with Crippen LogP contribution in [0.2, 0.25) is 0 Å². The Kier molecular flexibility index (Phi) is 5.08. The van der Waals surface area contributed by atoms with Gasteiger partial charge in [0.25, 0.3) is 0 Å². The fourth-order valence-corrected chi connectivity index (χ4v) is 3.06. The van der Waals surface area contributed by atoms with Gasteiger partial charge < -0.3 is 14.7 Å². The minimum atomic E-state index is -0.953. The molecule has 3 rings (SSSR count). The van der Waals surface area contributed by atoms with Crippen LogP contribution in [0.25, 0.3) is 0 Å². The van der Waals surface area contributed by atoms with Crippen molar-refractivity contribution in [3.8, 4) is 5.75 Å². The van der Waals surface area contributed by atoms with Gasteiger partial charge in [-0.25, -0.2) is 0 Å². The lowest BCUT2D eigenvalue weighted by Crippen LogP contribution is -2.57. The number of carbonyl (C=O) groups is 1. The molecule has 1 aliphatic rings. The molecule has 2 atom stereocenters. The number of ether oxygens (including phenoxy) is 1. The first-order chi connectivity index (χ1) is 12.0. The van der Waals surface area contributed by atoms with Gasteiger partial charge in [-0.2, -0.15) is 5.10 Å². The zero-order valence-corrected chi connectivity index (χ0v) is 14.8. The number of aliphatic hydroxyl groups is 1. The second-order valence-corrected chi connectivity index (χ2v) is 6.81. The van der Waals surface area contributed by atoms with Crippen molar-refractivity contribution in [2.75, 3.05) is 13.1 Å². The number of aromatic nitrogens is 2. The highest BCUT2D eigenvalue weighted by atomic mass is 16.5. The molecular weight excluding hydrogens is 318 g/mol. The first kappa shape index (κ1) is 17.5. The smallest absolute Gasteiger partial charge is 0.224 e. The fourth-order valence-electron chi connectivity index (χ4n) is 3.06. The Morgan fingerprint density at radius 3 is 2.80 bits per heavy atom. The van der Waals surface area contributed by atoms with Gasteiger partial charge in [0.15, 0.2) is 0 Å². The minimum Gasteiger partial charge on any atom is -0.486 e. The highest BCUT2D eigenvalue weighted by Gasteiger charge is 2.40. The van der Waals surface area contributed by atoms with Crippen LogP contribution < -0.4 is 4.74 Å². The van der Waals surface area contributed by atoms with Crippen LogP contribution in [0.1, 0.15) is 25.5 Å². The second kappa shape index (κ2) is 7.27. The maximum Gasteiger partial charge on any atom is 0.224 e. The van der Waals surface area contributed by atoms with E-state index in [1.54, 1.807) is 18.0 Å². The predicted molar refractivity (Wildman–Crippen MR) is 94.3 cm³/mol. The molecule has 0 unspecified atom stereocenters. The van der Waals surface area contributed by atoms with Crippen molar-refractivity contribution in [2.24, 2.45) is 0 Å². The van der Waals surface area contributed by atoms with E-state index in [1.807, 2.05) is 48.0 Å². The SMILES string of the molecule is Cc1ccnn1CCC(=O)N1CC[C@@](C)(O)[C@H](Oc2ccccc2)C1. The van der Waals surface area contributed by atoms with Gasteiger partial charge in [0, 0.05) is 31.4 Å². The molecule has 0 saturated carbocycles. The van der Waals surface area contributed by atoms with Crippen LogP contribution in [0, 0.1) is 6.92 Å². The van der Waals surface area contributed by atoms with Gasteiger partial charge in [0.1, 0.15) is 17.5 Å². The number of carbonyl (C=O) groups excluding carboxylic acids is 1. The highest BCUT2D eigenvalue weighted by Crippen LogP contribution is 2.27. The molecule has 0 aliphatic carbocycles. The zero-order valence-electron chi connectivity index (χ0n) is 14.8. The number of hydrogen-bond acceptors (Lipinski definition) is 4. The van der Waals surface area contributed by atoms with Gasteiger partial charge in [-0.15, -0.1) is 0 Å². The van der Waals surface area contributed by atoms with Gasteiger partial charge in [-0.05, 0) is 38.5 Å². The number of rotatable bonds is 5. The summed E-state index contributed by atoms with van der Waals surface area (Å²) in [4.78, 5) is 14.3. The Bertz CT molecular complexity index is 712. The molecule has 1 aromatic carbocycles. The first-order valence-corrected chi connectivity index (χ1v) is 8.66. The lowest BCUT2D eigenvalue weighted by molar-refractivity contribution is -0.143. The topological polar surface area (TPSA) is 67.6 Å². The third-order valence-corrected chi connectivity index (χ3v) is 4.81. The van der Waals surface area contributed by atoms with E-state index in [1.165, 1.54) is 0 Å². The monoisotopic (exact) mass is 343 g/mol. The summed E-state index contributed by atoms with van der Waals surface area (Å²) in [7, 11) is 0. The Morgan fingerprint density at radius 1 is 1.36 bits per heavy atom. The number of piperidine rings is 1. The summed E-state index contributed by atoms with van der Waals surface area (Å²) >= 11 is 0. The van der Waals surface area contributed by atoms with E-state index in [2.05, 4.69) is 5.10 Å². The Labute approximate surface area is 148 Å². The van der Waals surface area contributed by atoms with Crippen molar-refractivity contribution < 1.29 is 14.6 Å². The molecule has 1 aliphatic heterocycles. The number of hydrogen-bond donors (Lipinski definition) is 1. The van der Waals surface area contributed by atoms with E-state index in [0.29, 0.717) is 38.2 Å². The average Bonchev–Trinajstić information content (AvgIpc) is 3.00. The van der Waals surface area contributed by atoms with E-state index in [4.69, 9.17) is 4.74 Å². The normalized spacial score (nSPS) is 23.5. The van der Waals surface area contributed by atoms with Gasteiger partial charge in [0.2, 0.25) is 5.91 Å². The summed E-state index contributed by atoms with van der Waals surface area (Å²) in [5, 5.41) is 14.8. The molecule has 0 bridgehead atoms. The van der Waals surface area contributed by atoms with Crippen LogP contribution in [0.4, 0.5) is 0 Å². The molecule has 1 saturated heterocycles. The number of benzene rings is 1. The molecule has 25 heavy (non-hydrogen) atoms. The minimum absolute atomic E-state index is 0.0621. The van der Waals surface area contributed by atoms with E-state index in [0.717, 1.165) is 5.69 Å². The summed E-state index contributed by atoms with van der Waals surface area (Å²) in [6, 6.07) is 11.3. The van der Waals surface area contributed by atoms with Crippen LogP contribution in [0.5, 0.6) is 5.75 Å². The molecule has 1 amide bonds. The van der Waals surface area contributed by atoms with Crippen LogP contribution in [-0.2, 0) is 11.3 Å². The number of aryl methyl sites for hydroxylation is 2. The van der Waals surface area contributed by atoms with Crippen LogP contribution in [0.3, 0.4) is 0 Å².